The zero-order valence-corrected chi connectivity index (χ0v) is 13.1. The molecule has 2 atom stereocenters. The lowest BCUT2D eigenvalue weighted by molar-refractivity contribution is 0.441. The summed E-state index contributed by atoms with van der Waals surface area (Å²) in [4.78, 5) is 7.87. The first-order valence-corrected chi connectivity index (χ1v) is 7.32. The summed E-state index contributed by atoms with van der Waals surface area (Å²) in [5.41, 5.74) is 12.4. The minimum atomic E-state index is -0.0272. The lowest BCUT2D eigenvalue weighted by Crippen LogP contribution is -2.19. The highest BCUT2D eigenvalue weighted by molar-refractivity contribution is 5.65. The zero-order valence-electron chi connectivity index (χ0n) is 13.1. The summed E-state index contributed by atoms with van der Waals surface area (Å²) in [5.74, 6) is 1.31. The Morgan fingerprint density at radius 1 is 1.15 bits per heavy atom. The predicted molar refractivity (Wildman–Crippen MR) is 84.6 cm³/mol. The van der Waals surface area contributed by atoms with Crippen molar-refractivity contribution in [3.05, 3.63) is 40.8 Å². The number of nitrogens with two attached hydrogens (primary N) is 1. The number of hydrogen-bond donors (Lipinski definition) is 2. The molecule has 0 aliphatic heterocycles. The second kappa shape index (κ2) is 5.80. The fourth-order valence-electron chi connectivity index (χ4n) is 2.42. The third-order valence-corrected chi connectivity index (χ3v) is 4.30. The van der Waals surface area contributed by atoms with Gasteiger partial charge in [0.1, 0.15) is 5.82 Å². The van der Waals surface area contributed by atoms with E-state index in [1.807, 2.05) is 6.20 Å². The first kappa shape index (κ1) is 14.8. The number of aromatic nitrogens is 2. The molecule has 0 bridgehead atoms. The van der Waals surface area contributed by atoms with E-state index in [1.165, 1.54) is 22.3 Å². The molecule has 0 spiro atoms. The molecular formula is C17H25N3. The molecule has 20 heavy (non-hydrogen) atoms. The van der Waals surface area contributed by atoms with Crippen LogP contribution in [0.1, 0.15) is 48.8 Å². The SMILES string of the molecule is CCC(C)C(N)c1ncc(-c2cc(C)c(C)cc2C)[nH]1. The number of aryl methyl sites for hydroxylation is 3. The zero-order chi connectivity index (χ0) is 14.9. The smallest absolute Gasteiger partial charge is 0.123 e. The van der Waals surface area contributed by atoms with Crippen molar-refractivity contribution in [1.82, 2.24) is 9.97 Å². The highest BCUT2D eigenvalue weighted by Gasteiger charge is 2.17. The molecule has 0 aliphatic rings. The molecule has 3 N–H and O–H groups in total. The van der Waals surface area contributed by atoms with Gasteiger partial charge in [-0.3, -0.25) is 0 Å². The molecule has 2 unspecified atom stereocenters. The van der Waals surface area contributed by atoms with Gasteiger partial charge in [0.05, 0.1) is 17.9 Å². The molecule has 108 valence electrons. The van der Waals surface area contributed by atoms with Gasteiger partial charge in [0, 0.05) is 5.56 Å². The number of nitrogens with zero attached hydrogens (tertiary/aromatic N) is 1. The quantitative estimate of drug-likeness (QED) is 0.881. The first-order valence-electron chi connectivity index (χ1n) is 7.32. The largest absolute Gasteiger partial charge is 0.341 e. The lowest BCUT2D eigenvalue weighted by Gasteiger charge is -2.15. The molecule has 0 aliphatic carbocycles. The van der Waals surface area contributed by atoms with E-state index in [-0.39, 0.29) is 6.04 Å². The average Bonchev–Trinajstić information content (AvgIpc) is 2.90. The van der Waals surface area contributed by atoms with Gasteiger partial charge in [0.2, 0.25) is 0 Å². The number of imidazole rings is 1. The van der Waals surface area contributed by atoms with Crippen LogP contribution in [0.4, 0.5) is 0 Å². The minimum Gasteiger partial charge on any atom is -0.341 e. The standard InChI is InChI=1S/C17H25N3/c1-6-10(2)16(18)17-19-9-15(20-17)14-8-12(4)11(3)7-13(14)5/h7-10,16H,6,18H2,1-5H3,(H,19,20). The maximum absolute atomic E-state index is 6.24. The summed E-state index contributed by atoms with van der Waals surface area (Å²) in [7, 11) is 0. The van der Waals surface area contributed by atoms with Crippen LogP contribution in [0.5, 0.6) is 0 Å². The molecule has 3 heteroatoms. The second-order valence-electron chi connectivity index (χ2n) is 5.84. The van der Waals surface area contributed by atoms with Crippen LogP contribution >= 0.6 is 0 Å². The van der Waals surface area contributed by atoms with Crippen LogP contribution in [0, 0.1) is 26.7 Å². The predicted octanol–water partition coefficient (Wildman–Crippen LogP) is 4.05. The highest BCUT2D eigenvalue weighted by Crippen LogP contribution is 2.27. The van der Waals surface area contributed by atoms with Crippen LogP contribution in [-0.4, -0.2) is 9.97 Å². The van der Waals surface area contributed by atoms with E-state index < -0.39 is 0 Å². The molecule has 1 aromatic heterocycles. The van der Waals surface area contributed by atoms with Crippen molar-refractivity contribution in [3.8, 4) is 11.3 Å². The van der Waals surface area contributed by atoms with Crippen molar-refractivity contribution in [3.63, 3.8) is 0 Å². The Bertz CT molecular complexity index is 598. The van der Waals surface area contributed by atoms with E-state index in [9.17, 15) is 0 Å². The molecule has 1 heterocycles. The average molecular weight is 271 g/mol. The normalized spacial score (nSPS) is 14.3. The van der Waals surface area contributed by atoms with Crippen LogP contribution in [0.15, 0.2) is 18.3 Å². The summed E-state index contributed by atoms with van der Waals surface area (Å²) in [6.07, 6.45) is 2.95. The molecule has 2 rings (SSSR count). The summed E-state index contributed by atoms with van der Waals surface area (Å²) in [6.45, 7) is 10.7. The molecule has 3 nitrogen and oxygen atoms in total. The number of H-pyrrole nitrogens is 1. The third-order valence-electron chi connectivity index (χ3n) is 4.30. The summed E-state index contributed by atoms with van der Waals surface area (Å²) >= 11 is 0. The number of aromatic amines is 1. The van der Waals surface area contributed by atoms with Crippen LogP contribution in [0.3, 0.4) is 0 Å². The minimum absolute atomic E-state index is 0.0272. The van der Waals surface area contributed by atoms with Crippen molar-refractivity contribution >= 4 is 0 Å². The maximum Gasteiger partial charge on any atom is 0.123 e. The van der Waals surface area contributed by atoms with Gasteiger partial charge < -0.3 is 10.7 Å². The Kier molecular flexibility index (Phi) is 4.29. The van der Waals surface area contributed by atoms with Gasteiger partial charge in [0.25, 0.3) is 0 Å². The molecule has 0 radical (unpaired) electrons. The summed E-state index contributed by atoms with van der Waals surface area (Å²) < 4.78 is 0. The van der Waals surface area contributed by atoms with Crippen molar-refractivity contribution < 1.29 is 0 Å². The Morgan fingerprint density at radius 2 is 1.80 bits per heavy atom. The van der Waals surface area contributed by atoms with E-state index in [0.717, 1.165) is 17.9 Å². The number of nitrogens with one attached hydrogen (secondary N) is 1. The van der Waals surface area contributed by atoms with E-state index in [4.69, 9.17) is 5.73 Å². The van der Waals surface area contributed by atoms with Gasteiger partial charge in [-0.1, -0.05) is 26.3 Å². The Balaban J connectivity index is 2.36. The molecule has 0 amide bonds. The third kappa shape index (κ3) is 2.78. The van der Waals surface area contributed by atoms with Gasteiger partial charge in [-0.2, -0.15) is 0 Å². The number of hydrogen-bond acceptors (Lipinski definition) is 2. The van der Waals surface area contributed by atoms with Gasteiger partial charge in [-0.15, -0.1) is 0 Å². The van der Waals surface area contributed by atoms with Crippen LogP contribution in [0.2, 0.25) is 0 Å². The van der Waals surface area contributed by atoms with Crippen molar-refractivity contribution in [2.45, 2.75) is 47.1 Å². The molecule has 0 saturated carbocycles. The first-order chi connectivity index (χ1) is 9.43. The van der Waals surface area contributed by atoms with E-state index in [1.54, 1.807) is 0 Å². The van der Waals surface area contributed by atoms with Crippen molar-refractivity contribution in [2.75, 3.05) is 0 Å². The van der Waals surface area contributed by atoms with Gasteiger partial charge in [0.15, 0.2) is 0 Å². The Hall–Kier alpha value is -1.61. The highest BCUT2D eigenvalue weighted by atomic mass is 15.0. The Morgan fingerprint density at radius 3 is 2.45 bits per heavy atom. The van der Waals surface area contributed by atoms with Gasteiger partial charge >= 0.3 is 0 Å². The lowest BCUT2D eigenvalue weighted by atomic mass is 9.99. The molecule has 0 saturated heterocycles. The van der Waals surface area contributed by atoms with Crippen LogP contribution < -0.4 is 5.73 Å². The molecule has 2 aromatic rings. The second-order valence-corrected chi connectivity index (χ2v) is 5.84. The van der Waals surface area contributed by atoms with Crippen LogP contribution in [-0.2, 0) is 0 Å². The number of benzene rings is 1. The molecule has 0 fully saturated rings. The topological polar surface area (TPSA) is 54.7 Å². The molecule has 1 aromatic carbocycles. The van der Waals surface area contributed by atoms with Gasteiger partial charge in [-0.25, -0.2) is 4.98 Å². The number of rotatable bonds is 4. The molecular weight excluding hydrogens is 246 g/mol. The fraction of sp³-hybridized carbons (Fsp3) is 0.471. The summed E-state index contributed by atoms with van der Waals surface area (Å²) in [5, 5.41) is 0. The van der Waals surface area contributed by atoms with E-state index in [2.05, 4.69) is 56.7 Å². The van der Waals surface area contributed by atoms with Crippen LogP contribution in [0.25, 0.3) is 11.3 Å². The monoisotopic (exact) mass is 271 g/mol. The van der Waals surface area contributed by atoms with Crippen molar-refractivity contribution in [1.29, 1.82) is 0 Å². The van der Waals surface area contributed by atoms with E-state index in [0.29, 0.717) is 5.92 Å². The maximum atomic E-state index is 6.24. The fourth-order valence-corrected chi connectivity index (χ4v) is 2.42. The van der Waals surface area contributed by atoms with Gasteiger partial charge in [-0.05, 0) is 49.4 Å². The van der Waals surface area contributed by atoms with Crippen molar-refractivity contribution in [2.24, 2.45) is 11.7 Å². The summed E-state index contributed by atoms with van der Waals surface area (Å²) in [6, 6.07) is 4.41. The Labute approximate surface area is 121 Å². The van der Waals surface area contributed by atoms with E-state index >= 15 is 0 Å².